The van der Waals surface area contributed by atoms with Crippen molar-refractivity contribution in [3.05, 3.63) is 60.3 Å². The smallest absolute Gasteiger partial charge is 0.174 e. The summed E-state index contributed by atoms with van der Waals surface area (Å²) in [5.41, 5.74) is 3.58. The third-order valence-corrected chi connectivity index (χ3v) is 6.84. The first-order valence-corrected chi connectivity index (χ1v) is 12.5. The number of rotatable bonds is 7. The quantitative estimate of drug-likeness (QED) is 0.311. The van der Waals surface area contributed by atoms with Crippen molar-refractivity contribution in [1.82, 2.24) is 9.47 Å². The lowest BCUT2D eigenvalue weighted by Crippen LogP contribution is -2.42. The number of aryl methyl sites for hydroxylation is 1. The molecule has 32 heavy (non-hydrogen) atoms. The van der Waals surface area contributed by atoms with E-state index >= 15 is 0 Å². The van der Waals surface area contributed by atoms with Gasteiger partial charge in [-0.1, -0.05) is 56.0 Å². The number of hydrogen-bond donors (Lipinski definition) is 1. The molecule has 0 aliphatic heterocycles. The van der Waals surface area contributed by atoms with Crippen molar-refractivity contribution in [2.75, 3.05) is 11.9 Å². The summed E-state index contributed by atoms with van der Waals surface area (Å²) in [6, 6.07) is 17.2. The molecule has 0 spiro atoms. The molecule has 0 unspecified atom stereocenters. The van der Waals surface area contributed by atoms with Crippen LogP contribution in [-0.2, 0) is 13.1 Å². The van der Waals surface area contributed by atoms with Gasteiger partial charge in [0, 0.05) is 36.2 Å². The van der Waals surface area contributed by atoms with Crippen molar-refractivity contribution in [2.45, 2.75) is 71.5 Å². The van der Waals surface area contributed by atoms with Gasteiger partial charge in [-0.05, 0) is 62.7 Å². The second-order valence-corrected chi connectivity index (χ2v) is 8.98. The van der Waals surface area contributed by atoms with Gasteiger partial charge in [0.05, 0.1) is 12.3 Å². The Bertz CT molecular complexity index is 1040. The van der Waals surface area contributed by atoms with Gasteiger partial charge in [-0.2, -0.15) is 0 Å². The molecule has 0 radical (unpaired) electrons. The Hall–Kier alpha value is -2.53. The number of thiocarbonyl (C=S) groups is 1. The second-order valence-electron chi connectivity index (χ2n) is 8.59. The molecule has 1 heterocycles. The molecule has 3 aromatic rings. The first-order valence-electron chi connectivity index (χ1n) is 12.1. The van der Waals surface area contributed by atoms with Crippen LogP contribution in [-0.4, -0.2) is 27.2 Å². The third-order valence-electron chi connectivity index (χ3n) is 6.51. The summed E-state index contributed by atoms with van der Waals surface area (Å²) in [6.45, 7) is 6.63. The molecule has 0 atom stereocenters. The van der Waals surface area contributed by atoms with Gasteiger partial charge in [0.1, 0.15) is 5.75 Å². The predicted octanol–water partition coefficient (Wildman–Crippen LogP) is 6.98. The Morgan fingerprint density at radius 1 is 1.03 bits per heavy atom. The highest BCUT2D eigenvalue weighted by Crippen LogP contribution is 2.29. The lowest BCUT2D eigenvalue weighted by molar-refractivity contribution is 0.280. The molecule has 0 saturated heterocycles. The van der Waals surface area contributed by atoms with Gasteiger partial charge in [-0.3, -0.25) is 0 Å². The molecule has 2 aromatic carbocycles. The number of para-hydroxylation sites is 3. The molecular weight excluding hydrogens is 414 g/mol. The highest BCUT2D eigenvalue weighted by Gasteiger charge is 2.24. The average Bonchev–Trinajstić information content (AvgIpc) is 2.96. The number of hydrogen-bond acceptors (Lipinski definition) is 2. The fourth-order valence-corrected chi connectivity index (χ4v) is 5.19. The molecule has 170 valence electrons. The fraction of sp³-hybridized carbons (Fsp3) is 0.444. The summed E-state index contributed by atoms with van der Waals surface area (Å²) in [7, 11) is 0. The maximum Gasteiger partial charge on any atom is 0.174 e. The van der Waals surface area contributed by atoms with Crippen LogP contribution in [0.25, 0.3) is 10.9 Å². The number of nitrogens with zero attached hydrogens (tertiary/aromatic N) is 2. The number of fused-ring (bicyclic) bond motifs is 1. The van der Waals surface area contributed by atoms with Gasteiger partial charge >= 0.3 is 0 Å². The summed E-state index contributed by atoms with van der Waals surface area (Å²) in [5.74, 6) is 0.848. The first-order chi connectivity index (χ1) is 15.7. The zero-order chi connectivity index (χ0) is 22.3. The Morgan fingerprint density at radius 3 is 2.50 bits per heavy atom. The highest BCUT2D eigenvalue weighted by atomic mass is 32.1. The predicted molar refractivity (Wildman–Crippen MR) is 138 cm³/mol. The number of ether oxygens (including phenoxy) is 1. The van der Waals surface area contributed by atoms with Crippen LogP contribution in [0.1, 0.15) is 57.9 Å². The zero-order valence-corrected chi connectivity index (χ0v) is 20.2. The van der Waals surface area contributed by atoms with E-state index in [1.54, 1.807) is 0 Å². The molecule has 4 nitrogen and oxygen atoms in total. The minimum absolute atomic E-state index is 0.459. The molecule has 0 bridgehead atoms. The number of benzene rings is 2. The summed E-state index contributed by atoms with van der Waals surface area (Å²) in [6.07, 6.45) is 9.90. The van der Waals surface area contributed by atoms with Crippen molar-refractivity contribution in [3.8, 4) is 5.75 Å². The van der Waals surface area contributed by atoms with Crippen LogP contribution in [0.5, 0.6) is 5.75 Å². The van der Waals surface area contributed by atoms with Crippen molar-refractivity contribution < 1.29 is 4.74 Å². The largest absolute Gasteiger partial charge is 0.492 e. The van der Waals surface area contributed by atoms with E-state index in [1.165, 1.54) is 55.0 Å². The molecule has 1 fully saturated rings. The van der Waals surface area contributed by atoms with E-state index in [1.807, 2.05) is 31.2 Å². The zero-order valence-electron chi connectivity index (χ0n) is 19.3. The van der Waals surface area contributed by atoms with Crippen molar-refractivity contribution in [3.63, 3.8) is 0 Å². The van der Waals surface area contributed by atoms with E-state index in [9.17, 15) is 0 Å². The summed E-state index contributed by atoms with van der Waals surface area (Å²) in [5, 5.41) is 5.64. The highest BCUT2D eigenvalue weighted by molar-refractivity contribution is 7.80. The van der Waals surface area contributed by atoms with Crippen LogP contribution >= 0.6 is 12.2 Å². The van der Waals surface area contributed by atoms with Crippen molar-refractivity contribution in [2.24, 2.45) is 0 Å². The minimum atomic E-state index is 0.459. The summed E-state index contributed by atoms with van der Waals surface area (Å²) < 4.78 is 8.18. The van der Waals surface area contributed by atoms with Gasteiger partial charge in [-0.25, -0.2) is 0 Å². The standard InChI is InChI=1S/C27H35N3OS/c1-3-29-19-21(23-15-9-11-17-25(23)29)20-30(22-13-7-5-6-8-14-22)27(32)28-24-16-10-12-18-26(24)31-4-2/h9-12,15-19,22H,3-8,13-14,20H2,1-2H3,(H,28,32). The van der Waals surface area contributed by atoms with E-state index in [-0.39, 0.29) is 0 Å². The molecule has 1 aliphatic carbocycles. The van der Waals surface area contributed by atoms with Crippen molar-refractivity contribution in [1.29, 1.82) is 0 Å². The second kappa shape index (κ2) is 10.9. The maximum atomic E-state index is 6.04. The number of nitrogens with one attached hydrogen (secondary N) is 1. The summed E-state index contributed by atoms with van der Waals surface area (Å²) >= 11 is 6.04. The molecule has 1 N–H and O–H groups in total. The first kappa shape index (κ1) is 22.7. The van der Waals surface area contributed by atoms with E-state index < -0.39 is 0 Å². The topological polar surface area (TPSA) is 29.4 Å². The SMILES string of the molecule is CCOc1ccccc1NC(=S)N(Cc1cn(CC)c2ccccc12)C1CCCCCC1. The van der Waals surface area contributed by atoms with Crippen LogP contribution < -0.4 is 10.1 Å². The van der Waals surface area contributed by atoms with Crippen LogP contribution in [0, 0.1) is 0 Å². The van der Waals surface area contributed by atoms with Crippen LogP contribution in [0.2, 0.25) is 0 Å². The van der Waals surface area contributed by atoms with E-state index in [0.717, 1.165) is 29.6 Å². The van der Waals surface area contributed by atoms with E-state index in [0.29, 0.717) is 12.6 Å². The van der Waals surface area contributed by atoms with Gasteiger partial charge in [0.25, 0.3) is 0 Å². The lowest BCUT2D eigenvalue weighted by Gasteiger charge is -2.34. The summed E-state index contributed by atoms with van der Waals surface area (Å²) in [4.78, 5) is 2.44. The minimum Gasteiger partial charge on any atom is -0.492 e. The fourth-order valence-electron chi connectivity index (χ4n) is 4.87. The Balaban J connectivity index is 1.64. The molecular formula is C27H35N3OS. The lowest BCUT2D eigenvalue weighted by atomic mass is 10.1. The Morgan fingerprint density at radius 2 is 1.75 bits per heavy atom. The molecule has 1 aliphatic rings. The molecule has 5 heteroatoms. The number of anilines is 1. The van der Waals surface area contributed by atoms with Crippen molar-refractivity contribution >= 4 is 33.9 Å². The molecule has 1 aromatic heterocycles. The molecule has 4 rings (SSSR count). The van der Waals surface area contributed by atoms with E-state index in [4.69, 9.17) is 17.0 Å². The van der Waals surface area contributed by atoms with Gasteiger partial charge in [0.2, 0.25) is 0 Å². The van der Waals surface area contributed by atoms with Crippen LogP contribution in [0.3, 0.4) is 0 Å². The maximum absolute atomic E-state index is 6.04. The van der Waals surface area contributed by atoms with Gasteiger partial charge < -0.3 is 19.5 Å². The van der Waals surface area contributed by atoms with Gasteiger partial charge in [0.15, 0.2) is 5.11 Å². The van der Waals surface area contributed by atoms with Crippen LogP contribution in [0.4, 0.5) is 5.69 Å². The third kappa shape index (κ3) is 5.09. The number of aromatic nitrogens is 1. The van der Waals surface area contributed by atoms with Gasteiger partial charge in [-0.15, -0.1) is 0 Å². The normalized spacial score (nSPS) is 14.8. The Labute approximate surface area is 197 Å². The Kier molecular flexibility index (Phi) is 7.69. The van der Waals surface area contributed by atoms with E-state index in [2.05, 4.69) is 52.2 Å². The monoisotopic (exact) mass is 449 g/mol. The molecule has 1 saturated carbocycles. The van der Waals surface area contributed by atoms with Crippen LogP contribution in [0.15, 0.2) is 54.7 Å². The average molecular weight is 450 g/mol. The molecule has 0 amide bonds.